The van der Waals surface area contributed by atoms with E-state index in [-0.39, 0.29) is 0 Å². The molecule has 0 aromatic rings. The van der Waals surface area contributed by atoms with Crippen LogP contribution in [0.2, 0.25) is 0 Å². The zero-order valence-corrected chi connectivity index (χ0v) is 59.2. The van der Waals surface area contributed by atoms with Crippen LogP contribution in [0.4, 0.5) is 0 Å². The monoisotopic (exact) mass is 1180 g/mol. The number of nitrogens with zero attached hydrogens (tertiary/aromatic N) is 3. The molecule has 0 aliphatic rings. The zero-order chi connectivity index (χ0) is 60.4. The van der Waals surface area contributed by atoms with E-state index in [4.69, 9.17) is 15.8 Å². The van der Waals surface area contributed by atoms with Gasteiger partial charge >= 0.3 is 30.8 Å². The van der Waals surface area contributed by atoms with Crippen LogP contribution in [0.3, 0.4) is 0 Å². The average molecular weight is 1180 g/mol. The van der Waals surface area contributed by atoms with Crippen LogP contribution in [0, 0.1) is 0 Å². The standard InChI is InChI=1S/3C24H52N.4O.V/c3*1-5-9-13-17-21-25(22-18-14-10-6-2,23-19-15-11-7-3)24-20-16-12-8-4;;;;;/h3*5-24H2,1-4H3;;;;;/q3*+1;;3*-1;. The van der Waals surface area contributed by atoms with E-state index >= 15 is 0 Å². The Morgan fingerprint density at radius 1 is 0.175 bits per heavy atom. The minimum atomic E-state index is -5.88. The topological polar surface area (TPSA) is 86.2 Å². The molecule has 0 saturated carbocycles. The summed E-state index contributed by atoms with van der Waals surface area (Å²) < 4.78 is 38.8. The third kappa shape index (κ3) is 65.7. The van der Waals surface area contributed by atoms with Gasteiger partial charge in [0, 0.05) is 0 Å². The predicted molar refractivity (Wildman–Crippen MR) is 350 cm³/mol. The van der Waals surface area contributed by atoms with E-state index in [9.17, 15) is 0 Å². The van der Waals surface area contributed by atoms with E-state index in [1.807, 2.05) is 0 Å². The Kier molecular flexibility index (Phi) is 73.9. The molecule has 0 fully saturated rings. The SMILES string of the molecule is CCCCCC[N+](CCCCCC)(CCCCCC)CCCCCC.CCCCCC[N+](CCCCCC)(CCCCCC)CCCCCC.CCCCCC[N+](CCCCCC)(CCCCCC)CCCCCC.[O]=[V]([O-])([O-])[O-]. The molecule has 0 spiro atoms. The van der Waals surface area contributed by atoms with Crippen molar-refractivity contribution in [3.8, 4) is 0 Å². The van der Waals surface area contributed by atoms with Crippen molar-refractivity contribution in [3.05, 3.63) is 0 Å². The predicted octanol–water partition coefficient (Wildman–Crippen LogP) is 20.7. The molecular formula is C72H156N3O4V. The molecule has 0 aromatic heterocycles. The fourth-order valence-electron chi connectivity index (χ4n) is 12.5. The van der Waals surface area contributed by atoms with Gasteiger partial charge in [-0.25, -0.2) is 0 Å². The quantitative estimate of drug-likeness (QED) is 0.0448. The van der Waals surface area contributed by atoms with Crippen LogP contribution in [-0.4, -0.2) is 92.0 Å². The van der Waals surface area contributed by atoms with E-state index in [1.54, 1.807) is 0 Å². The van der Waals surface area contributed by atoms with Crippen molar-refractivity contribution in [2.45, 2.75) is 391 Å². The molecule has 488 valence electrons. The van der Waals surface area contributed by atoms with E-state index in [0.717, 1.165) is 0 Å². The van der Waals surface area contributed by atoms with Gasteiger partial charge in [-0.1, -0.05) is 237 Å². The van der Waals surface area contributed by atoms with Crippen molar-refractivity contribution in [1.82, 2.24) is 0 Å². The summed E-state index contributed by atoms with van der Waals surface area (Å²) in [5.41, 5.74) is 0. The van der Waals surface area contributed by atoms with E-state index in [1.165, 1.54) is 400 Å². The van der Waals surface area contributed by atoms with E-state index in [0.29, 0.717) is 0 Å². The first-order valence-electron chi connectivity index (χ1n) is 37.0. The normalized spacial score (nSPS) is 12.0. The molecule has 0 aromatic carbocycles. The molecule has 80 heavy (non-hydrogen) atoms. The van der Waals surface area contributed by atoms with E-state index in [2.05, 4.69) is 83.1 Å². The van der Waals surface area contributed by atoms with Crippen molar-refractivity contribution in [3.63, 3.8) is 0 Å². The fraction of sp³-hybridized carbons (Fsp3) is 1.00. The molecule has 0 rings (SSSR count). The summed E-state index contributed by atoms with van der Waals surface area (Å²) >= 11 is -5.88. The molecule has 0 saturated heterocycles. The van der Waals surface area contributed by atoms with Crippen molar-refractivity contribution < 1.29 is 44.2 Å². The Morgan fingerprint density at radius 3 is 0.312 bits per heavy atom. The Morgan fingerprint density at radius 2 is 0.250 bits per heavy atom. The average Bonchev–Trinajstić information content (AvgIpc) is 3.44. The van der Waals surface area contributed by atoms with Gasteiger partial charge in [0.25, 0.3) is 0 Å². The second kappa shape index (κ2) is 68.3. The Balaban J connectivity index is -0.000000518. The van der Waals surface area contributed by atoms with E-state index < -0.39 is 15.0 Å². The molecule has 0 atom stereocenters. The summed E-state index contributed by atoms with van der Waals surface area (Å²) in [5, 5.41) is 0. The number of rotatable bonds is 60. The number of hydrogen-bond donors (Lipinski definition) is 0. The van der Waals surface area contributed by atoms with Gasteiger partial charge in [0.1, 0.15) is 0 Å². The fourth-order valence-corrected chi connectivity index (χ4v) is 12.5. The molecular weight excluding hydrogens is 1020 g/mol. The maximum atomic E-state index is 8.61. The summed E-state index contributed by atoms with van der Waals surface area (Å²) in [4.78, 5) is 0. The number of quaternary nitrogens is 3. The van der Waals surface area contributed by atoms with Gasteiger partial charge in [-0.3, -0.25) is 0 Å². The molecule has 7 nitrogen and oxygen atoms in total. The van der Waals surface area contributed by atoms with Crippen LogP contribution in [-0.2, 0) is 18.7 Å². The van der Waals surface area contributed by atoms with Crippen LogP contribution in [0.15, 0.2) is 0 Å². The van der Waals surface area contributed by atoms with Gasteiger partial charge in [0.15, 0.2) is 0 Å². The van der Waals surface area contributed by atoms with Crippen LogP contribution in [0.1, 0.15) is 391 Å². The minimum absolute atomic E-state index is 1.36. The van der Waals surface area contributed by atoms with Crippen LogP contribution in [0.5, 0.6) is 0 Å². The van der Waals surface area contributed by atoms with Crippen LogP contribution in [0.25, 0.3) is 0 Å². The molecule has 0 aliphatic carbocycles. The van der Waals surface area contributed by atoms with Gasteiger partial charge in [0.05, 0.1) is 78.5 Å². The van der Waals surface area contributed by atoms with Gasteiger partial charge < -0.3 is 13.4 Å². The van der Waals surface area contributed by atoms with Crippen molar-refractivity contribution in [2.24, 2.45) is 0 Å². The second-order valence-electron chi connectivity index (χ2n) is 25.9. The molecule has 0 heterocycles. The third-order valence-corrected chi connectivity index (χ3v) is 17.8. The Hall–Kier alpha value is 0.144. The Bertz CT molecular complexity index is 875. The summed E-state index contributed by atoms with van der Waals surface area (Å²) in [5.74, 6) is 0. The van der Waals surface area contributed by atoms with Crippen LogP contribution >= 0.6 is 0 Å². The van der Waals surface area contributed by atoms with Crippen molar-refractivity contribution in [1.29, 1.82) is 0 Å². The first-order valence-corrected chi connectivity index (χ1v) is 39.3. The molecule has 0 N–H and O–H groups in total. The molecule has 0 radical (unpaired) electrons. The van der Waals surface area contributed by atoms with Gasteiger partial charge in [-0.15, -0.1) is 0 Å². The summed E-state index contributed by atoms with van der Waals surface area (Å²) in [6.45, 7) is 45.6. The molecule has 0 bridgehead atoms. The second-order valence-corrected chi connectivity index (χ2v) is 27.3. The van der Waals surface area contributed by atoms with Gasteiger partial charge in [0.2, 0.25) is 0 Å². The first kappa shape index (κ1) is 86.6. The van der Waals surface area contributed by atoms with Gasteiger partial charge in [-0.05, 0) is 154 Å². The van der Waals surface area contributed by atoms with Crippen LogP contribution < -0.4 is 12.1 Å². The number of hydrogen-bond acceptors (Lipinski definition) is 4. The summed E-state index contributed by atoms with van der Waals surface area (Å²) in [6.07, 6.45) is 68.5. The van der Waals surface area contributed by atoms with Crippen molar-refractivity contribution in [2.75, 3.05) is 78.5 Å². The van der Waals surface area contributed by atoms with Gasteiger partial charge in [-0.2, -0.15) is 0 Å². The molecule has 0 amide bonds. The third-order valence-electron chi connectivity index (χ3n) is 17.8. The summed E-state index contributed by atoms with van der Waals surface area (Å²) in [6, 6.07) is 0. The number of unbranched alkanes of at least 4 members (excludes halogenated alkanes) is 36. The van der Waals surface area contributed by atoms with Crippen molar-refractivity contribution >= 4 is 0 Å². The molecule has 0 unspecified atom stereocenters. The Labute approximate surface area is 511 Å². The molecule has 0 aliphatic heterocycles. The summed E-state index contributed by atoms with van der Waals surface area (Å²) in [7, 11) is 0. The molecule has 8 heteroatoms. The maximum absolute atomic E-state index is 8.61. The first-order chi connectivity index (χ1) is 38.7. The zero-order valence-electron chi connectivity index (χ0n) is 57.8.